The van der Waals surface area contributed by atoms with Gasteiger partial charge in [-0.25, -0.2) is 9.59 Å². The van der Waals surface area contributed by atoms with Crippen LogP contribution in [0.3, 0.4) is 0 Å². The second-order valence-electron chi connectivity index (χ2n) is 13.6. The summed E-state index contributed by atoms with van der Waals surface area (Å²) >= 11 is 0. The molecule has 58 heavy (non-hydrogen) atoms. The van der Waals surface area contributed by atoms with E-state index in [9.17, 15) is 9.59 Å². The van der Waals surface area contributed by atoms with E-state index in [0.717, 1.165) is 33.4 Å². The Morgan fingerprint density at radius 1 is 0.414 bits per heavy atom. The molecule has 6 aromatic rings. The maximum atomic E-state index is 12.7. The average Bonchev–Trinajstić information content (AvgIpc) is 3.26. The molecule has 8 heteroatoms. The number of hydrogen-bond donors (Lipinski definition) is 0. The van der Waals surface area contributed by atoms with E-state index in [1.165, 1.54) is 0 Å². The van der Waals surface area contributed by atoms with Gasteiger partial charge in [0, 0.05) is 27.8 Å². The lowest BCUT2D eigenvalue weighted by atomic mass is 10.0. The molecular formula is C50H46O8. The van der Waals surface area contributed by atoms with Gasteiger partial charge in [0.25, 0.3) is 0 Å². The lowest BCUT2D eigenvalue weighted by Crippen LogP contribution is -2.31. The van der Waals surface area contributed by atoms with E-state index in [1.54, 1.807) is 13.8 Å². The van der Waals surface area contributed by atoms with Crippen molar-refractivity contribution in [3.05, 3.63) is 182 Å². The molecule has 0 N–H and O–H groups in total. The quantitative estimate of drug-likeness (QED) is 0.0594. The van der Waals surface area contributed by atoms with Gasteiger partial charge in [0.2, 0.25) is 0 Å². The minimum absolute atomic E-state index is 0.0346. The van der Waals surface area contributed by atoms with Gasteiger partial charge >= 0.3 is 11.9 Å². The molecular weight excluding hydrogens is 729 g/mol. The summed E-state index contributed by atoms with van der Waals surface area (Å²) < 4.78 is 36.4. The van der Waals surface area contributed by atoms with E-state index >= 15 is 0 Å². The normalized spacial score (nSPS) is 11.7. The van der Waals surface area contributed by atoms with Crippen LogP contribution in [0.25, 0.3) is 33.4 Å². The first-order valence-electron chi connectivity index (χ1n) is 19.0. The summed E-state index contributed by atoms with van der Waals surface area (Å²) in [5.74, 6) is 1.43. The summed E-state index contributed by atoms with van der Waals surface area (Å²) in [6.45, 7) is 10.9. The van der Waals surface area contributed by atoms with E-state index < -0.39 is 24.1 Å². The van der Waals surface area contributed by atoms with Gasteiger partial charge in [0.05, 0.1) is 0 Å². The minimum Gasteiger partial charge on any atom is -0.490 e. The first-order chi connectivity index (χ1) is 28.2. The third-order valence-electron chi connectivity index (χ3n) is 8.95. The number of para-hydroxylation sites is 3. The van der Waals surface area contributed by atoms with E-state index in [1.807, 2.05) is 158 Å². The molecule has 2 unspecified atom stereocenters. The Hall–Kier alpha value is -7.06. The zero-order valence-corrected chi connectivity index (χ0v) is 32.7. The Morgan fingerprint density at radius 2 is 0.724 bits per heavy atom. The number of rotatable bonds is 19. The largest absolute Gasteiger partial charge is 0.490 e. The Labute approximate surface area is 339 Å². The van der Waals surface area contributed by atoms with Crippen LogP contribution in [0.15, 0.2) is 182 Å². The Kier molecular flexibility index (Phi) is 14.1. The molecule has 0 aromatic heterocycles. The van der Waals surface area contributed by atoms with E-state index in [4.69, 9.17) is 28.4 Å². The predicted molar refractivity (Wildman–Crippen MR) is 227 cm³/mol. The smallest absolute Gasteiger partial charge is 0.333 e. The number of carbonyl (C=O) groups excluding carboxylic acids is 2. The molecule has 0 aliphatic heterocycles. The predicted octanol–water partition coefficient (Wildman–Crippen LogP) is 10.6. The lowest BCUT2D eigenvalue weighted by Gasteiger charge is -2.21. The fraction of sp³-hybridized carbons (Fsp3) is 0.160. The van der Waals surface area contributed by atoms with Crippen LogP contribution in [0.5, 0.6) is 23.0 Å². The summed E-state index contributed by atoms with van der Waals surface area (Å²) in [6.07, 6.45) is -1.45. The molecule has 0 saturated carbocycles. The highest BCUT2D eigenvalue weighted by Gasteiger charge is 2.21. The summed E-state index contributed by atoms with van der Waals surface area (Å²) in [4.78, 5) is 25.2. The molecule has 6 rings (SSSR count). The van der Waals surface area contributed by atoms with Gasteiger partial charge in [-0.2, -0.15) is 0 Å². The highest BCUT2D eigenvalue weighted by Crippen LogP contribution is 2.33. The molecule has 0 saturated heterocycles. The zero-order valence-electron chi connectivity index (χ0n) is 32.7. The second-order valence-corrected chi connectivity index (χ2v) is 13.6. The lowest BCUT2D eigenvalue weighted by molar-refractivity contribution is -0.148. The highest BCUT2D eigenvalue weighted by atomic mass is 16.6. The number of ether oxygens (including phenoxy) is 6. The minimum atomic E-state index is -0.736. The molecule has 0 amide bonds. The van der Waals surface area contributed by atoms with Crippen LogP contribution >= 0.6 is 0 Å². The van der Waals surface area contributed by atoms with Crippen LogP contribution in [0.2, 0.25) is 0 Å². The summed E-state index contributed by atoms with van der Waals surface area (Å²) in [5, 5.41) is 0. The van der Waals surface area contributed by atoms with E-state index in [0.29, 0.717) is 23.0 Å². The molecule has 2 atom stereocenters. The molecule has 0 spiro atoms. The van der Waals surface area contributed by atoms with Crippen molar-refractivity contribution in [1.29, 1.82) is 0 Å². The van der Waals surface area contributed by atoms with E-state index in [2.05, 4.69) is 13.2 Å². The maximum absolute atomic E-state index is 12.7. The van der Waals surface area contributed by atoms with Crippen LogP contribution in [-0.4, -0.2) is 50.6 Å². The molecule has 0 fully saturated rings. The van der Waals surface area contributed by atoms with Crippen LogP contribution in [0.4, 0.5) is 0 Å². The second kappa shape index (κ2) is 20.2. The van der Waals surface area contributed by atoms with Crippen molar-refractivity contribution >= 4 is 11.9 Å². The fourth-order valence-corrected chi connectivity index (χ4v) is 5.93. The molecule has 294 valence electrons. The standard InChI is InChI=1S/C50H46O8/c1-35(2)49(51)57-41(32-54-46-24-14-11-21-43(46)37-17-7-5-8-18-37)31-53-40-29-27-39(28-30-40)45-23-13-16-26-48(45)56-34-42(58-50(52)36(3)4)33-55-47-25-15-12-22-44(47)38-19-9-6-10-20-38/h5-30,41-42H,1,3,31-34H2,2,4H3. The van der Waals surface area contributed by atoms with Crippen molar-refractivity contribution in [2.75, 3.05) is 26.4 Å². The number of benzene rings is 6. The van der Waals surface area contributed by atoms with Gasteiger partial charge in [-0.05, 0) is 60.9 Å². The monoisotopic (exact) mass is 774 g/mol. The van der Waals surface area contributed by atoms with Gasteiger partial charge < -0.3 is 28.4 Å². The van der Waals surface area contributed by atoms with Gasteiger partial charge in [-0.1, -0.05) is 141 Å². The molecule has 0 aliphatic carbocycles. The van der Waals surface area contributed by atoms with E-state index in [-0.39, 0.29) is 37.6 Å². The fourth-order valence-electron chi connectivity index (χ4n) is 5.93. The van der Waals surface area contributed by atoms with Crippen LogP contribution in [0, 0.1) is 0 Å². The molecule has 8 nitrogen and oxygen atoms in total. The van der Waals surface area contributed by atoms with Crippen LogP contribution in [-0.2, 0) is 19.1 Å². The van der Waals surface area contributed by atoms with Crippen molar-refractivity contribution in [2.24, 2.45) is 0 Å². The SMILES string of the molecule is C=C(C)C(=O)OC(COc1ccc(-c2ccccc2OCC(COc2ccccc2-c2ccccc2)OC(=O)C(=C)C)cc1)COc1ccccc1-c1ccccc1. The van der Waals surface area contributed by atoms with Crippen LogP contribution < -0.4 is 18.9 Å². The van der Waals surface area contributed by atoms with Crippen molar-refractivity contribution in [3.63, 3.8) is 0 Å². The average molecular weight is 775 g/mol. The third kappa shape index (κ3) is 11.3. The molecule has 0 radical (unpaired) electrons. The van der Waals surface area contributed by atoms with Crippen molar-refractivity contribution < 1.29 is 38.0 Å². The summed E-state index contributed by atoms with van der Waals surface area (Å²) in [5.41, 5.74) is 6.13. The highest BCUT2D eigenvalue weighted by molar-refractivity contribution is 5.87. The van der Waals surface area contributed by atoms with Crippen molar-refractivity contribution in [2.45, 2.75) is 26.1 Å². The number of esters is 2. The molecule has 0 bridgehead atoms. The first-order valence-corrected chi connectivity index (χ1v) is 19.0. The van der Waals surface area contributed by atoms with Crippen molar-refractivity contribution in [1.82, 2.24) is 0 Å². The first kappa shape index (κ1) is 40.6. The Bertz CT molecular complexity index is 2300. The number of carbonyl (C=O) groups is 2. The molecule has 6 aromatic carbocycles. The Morgan fingerprint density at radius 3 is 1.09 bits per heavy atom. The van der Waals surface area contributed by atoms with Gasteiger partial charge in [0.1, 0.15) is 49.4 Å². The van der Waals surface area contributed by atoms with Crippen molar-refractivity contribution in [3.8, 4) is 56.4 Å². The summed E-state index contributed by atoms with van der Waals surface area (Å²) in [6, 6.07) is 50.4. The van der Waals surface area contributed by atoms with Gasteiger partial charge in [-0.15, -0.1) is 0 Å². The number of hydrogen-bond acceptors (Lipinski definition) is 8. The van der Waals surface area contributed by atoms with Gasteiger partial charge in [0.15, 0.2) is 12.2 Å². The Balaban J connectivity index is 1.11. The zero-order chi connectivity index (χ0) is 40.7. The maximum Gasteiger partial charge on any atom is 0.333 e. The molecule has 0 aliphatic rings. The summed E-state index contributed by atoms with van der Waals surface area (Å²) in [7, 11) is 0. The van der Waals surface area contributed by atoms with Gasteiger partial charge in [-0.3, -0.25) is 0 Å². The van der Waals surface area contributed by atoms with Crippen LogP contribution in [0.1, 0.15) is 13.8 Å². The topological polar surface area (TPSA) is 89.5 Å². The molecule has 0 heterocycles. The third-order valence-corrected chi connectivity index (χ3v) is 8.95.